The minimum absolute atomic E-state index is 0.167. The number of amidine groups is 1. The average molecular weight is 258 g/mol. The summed E-state index contributed by atoms with van der Waals surface area (Å²) in [4.78, 5) is 0. The van der Waals surface area contributed by atoms with Gasteiger partial charge < -0.3 is 10.9 Å². The highest BCUT2D eigenvalue weighted by molar-refractivity contribution is 7.90. The molecule has 0 atom stereocenters. The molecule has 8 heteroatoms. The maximum Gasteiger partial charge on any atom is 0.299 e. The molecule has 0 fully saturated rings. The molecule has 0 spiro atoms. The van der Waals surface area contributed by atoms with E-state index in [0.29, 0.717) is 5.56 Å². The maximum atomic E-state index is 11.5. The lowest BCUT2D eigenvalue weighted by Crippen LogP contribution is -2.30. The summed E-state index contributed by atoms with van der Waals surface area (Å²) in [6, 6.07) is 6.34. The second kappa shape index (κ2) is 5.51. The van der Waals surface area contributed by atoms with E-state index in [2.05, 4.69) is 14.6 Å². The lowest BCUT2D eigenvalue weighted by atomic mass is 10.2. The zero-order valence-corrected chi connectivity index (χ0v) is 10.0. The second-order valence-electron chi connectivity index (χ2n) is 3.13. The number of nitrogens with two attached hydrogens (primary N) is 1. The van der Waals surface area contributed by atoms with Gasteiger partial charge in [0, 0.05) is 12.1 Å². The summed E-state index contributed by atoms with van der Waals surface area (Å²) in [5.41, 5.74) is 5.97. The highest BCUT2D eigenvalue weighted by Crippen LogP contribution is 2.15. The highest BCUT2D eigenvalue weighted by Gasteiger charge is 2.12. The number of hydrogen-bond donors (Lipinski definition) is 4. The van der Waals surface area contributed by atoms with Crippen LogP contribution in [0.25, 0.3) is 0 Å². The van der Waals surface area contributed by atoms with E-state index in [1.165, 1.54) is 6.07 Å². The van der Waals surface area contributed by atoms with Crippen LogP contribution in [0.3, 0.4) is 0 Å². The summed E-state index contributed by atoms with van der Waals surface area (Å²) in [5, 5.41) is 11.4. The van der Waals surface area contributed by atoms with Crippen LogP contribution in [-0.2, 0) is 10.2 Å². The average Bonchev–Trinajstić information content (AvgIpc) is 2.28. The third-order valence-electron chi connectivity index (χ3n) is 1.89. The topological polar surface area (TPSA) is 117 Å². The van der Waals surface area contributed by atoms with Crippen LogP contribution in [0, 0.1) is 0 Å². The molecule has 17 heavy (non-hydrogen) atoms. The van der Waals surface area contributed by atoms with Crippen LogP contribution in [0.15, 0.2) is 29.4 Å². The predicted molar refractivity (Wildman–Crippen MR) is 65.2 cm³/mol. The minimum atomic E-state index is -3.64. The molecular formula is C9H14N4O3S. The van der Waals surface area contributed by atoms with Gasteiger partial charge in [-0.05, 0) is 12.1 Å². The molecule has 0 heterocycles. The number of hydrogen-bond acceptors (Lipinski definition) is 4. The summed E-state index contributed by atoms with van der Waals surface area (Å²) in [6.07, 6.45) is 0. The van der Waals surface area contributed by atoms with E-state index in [9.17, 15) is 8.42 Å². The molecule has 0 aromatic heterocycles. The summed E-state index contributed by atoms with van der Waals surface area (Å²) in [7, 11) is -3.64. The van der Waals surface area contributed by atoms with Crippen LogP contribution in [0.5, 0.6) is 0 Å². The highest BCUT2D eigenvalue weighted by atomic mass is 32.2. The monoisotopic (exact) mass is 258 g/mol. The van der Waals surface area contributed by atoms with E-state index < -0.39 is 10.2 Å². The van der Waals surface area contributed by atoms with Crippen LogP contribution in [-0.4, -0.2) is 26.0 Å². The SMILES string of the molecule is CCNS(=O)(=O)Nc1ccccc1/C(N)=N/O. The smallest absolute Gasteiger partial charge is 0.299 e. The summed E-state index contributed by atoms with van der Waals surface area (Å²) in [6.45, 7) is 1.93. The Morgan fingerprint density at radius 2 is 2.12 bits per heavy atom. The van der Waals surface area contributed by atoms with E-state index in [0.717, 1.165) is 0 Å². The Bertz CT molecular complexity index is 513. The van der Waals surface area contributed by atoms with Gasteiger partial charge in [0.1, 0.15) is 0 Å². The molecule has 5 N–H and O–H groups in total. The van der Waals surface area contributed by atoms with E-state index >= 15 is 0 Å². The molecule has 0 saturated heterocycles. The van der Waals surface area contributed by atoms with Gasteiger partial charge in [0.05, 0.1) is 5.69 Å². The first-order valence-electron chi connectivity index (χ1n) is 4.84. The van der Waals surface area contributed by atoms with Crippen molar-refractivity contribution in [3.05, 3.63) is 29.8 Å². The number of anilines is 1. The van der Waals surface area contributed by atoms with Crippen molar-refractivity contribution in [1.82, 2.24) is 4.72 Å². The Morgan fingerprint density at radius 3 is 2.71 bits per heavy atom. The second-order valence-corrected chi connectivity index (χ2v) is 4.63. The zero-order valence-electron chi connectivity index (χ0n) is 9.21. The van der Waals surface area contributed by atoms with Gasteiger partial charge in [-0.25, -0.2) is 0 Å². The first-order valence-corrected chi connectivity index (χ1v) is 6.33. The molecule has 0 radical (unpaired) electrons. The van der Waals surface area contributed by atoms with Crippen LogP contribution >= 0.6 is 0 Å². The molecule has 1 aromatic carbocycles. The number of oxime groups is 1. The normalized spacial score (nSPS) is 12.4. The van der Waals surface area contributed by atoms with Crippen molar-refractivity contribution in [1.29, 1.82) is 0 Å². The number of para-hydroxylation sites is 1. The maximum absolute atomic E-state index is 11.5. The Morgan fingerprint density at radius 1 is 1.47 bits per heavy atom. The Balaban J connectivity index is 3.07. The first kappa shape index (κ1) is 13.3. The van der Waals surface area contributed by atoms with Gasteiger partial charge in [-0.2, -0.15) is 13.1 Å². The third-order valence-corrected chi connectivity index (χ3v) is 3.05. The van der Waals surface area contributed by atoms with Gasteiger partial charge in [0.2, 0.25) is 0 Å². The lowest BCUT2D eigenvalue weighted by Gasteiger charge is -2.11. The minimum Gasteiger partial charge on any atom is -0.409 e. The quantitative estimate of drug-likeness (QED) is 0.258. The van der Waals surface area contributed by atoms with Gasteiger partial charge in [0.25, 0.3) is 10.2 Å². The molecule has 0 saturated carbocycles. The Labute approximate surface area is 99.5 Å². The third kappa shape index (κ3) is 3.61. The fourth-order valence-corrected chi connectivity index (χ4v) is 2.14. The summed E-state index contributed by atoms with van der Waals surface area (Å²) < 4.78 is 27.6. The van der Waals surface area contributed by atoms with Gasteiger partial charge in [-0.1, -0.05) is 24.2 Å². The van der Waals surface area contributed by atoms with Crippen LogP contribution in [0.4, 0.5) is 5.69 Å². The van der Waals surface area contributed by atoms with Crippen LogP contribution < -0.4 is 15.2 Å². The Hall–Kier alpha value is -1.80. The van der Waals surface area contributed by atoms with Crippen molar-refractivity contribution in [3.8, 4) is 0 Å². The van der Waals surface area contributed by atoms with Crippen molar-refractivity contribution in [2.75, 3.05) is 11.3 Å². The van der Waals surface area contributed by atoms with Crippen LogP contribution in [0.2, 0.25) is 0 Å². The molecule has 0 unspecified atom stereocenters. The van der Waals surface area contributed by atoms with Crippen LogP contribution in [0.1, 0.15) is 12.5 Å². The number of nitrogens with zero attached hydrogens (tertiary/aromatic N) is 1. The zero-order chi connectivity index (χ0) is 12.9. The molecule has 1 aromatic rings. The molecule has 94 valence electrons. The van der Waals surface area contributed by atoms with E-state index in [1.54, 1.807) is 25.1 Å². The molecule has 0 aliphatic carbocycles. The van der Waals surface area contributed by atoms with Gasteiger partial charge in [-0.3, -0.25) is 4.72 Å². The largest absolute Gasteiger partial charge is 0.409 e. The summed E-state index contributed by atoms with van der Waals surface area (Å²) >= 11 is 0. The van der Waals surface area contributed by atoms with E-state index in [-0.39, 0.29) is 18.1 Å². The van der Waals surface area contributed by atoms with Crippen molar-refractivity contribution < 1.29 is 13.6 Å². The molecule has 1 rings (SSSR count). The predicted octanol–water partition coefficient (Wildman–Crippen LogP) is 0.0473. The van der Waals surface area contributed by atoms with Crippen molar-refractivity contribution in [2.24, 2.45) is 10.9 Å². The lowest BCUT2D eigenvalue weighted by molar-refractivity contribution is 0.318. The number of rotatable bonds is 5. The number of nitrogens with one attached hydrogen (secondary N) is 2. The standard InChI is InChI=1S/C9H14N4O3S/c1-2-11-17(15,16)13-8-6-4-3-5-7(8)9(10)12-14/h3-6,11,13-14H,2H2,1H3,(H2,10,12). The van der Waals surface area contributed by atoms with E-state index in [4.69, 9.17) is 10.9 Å². The van der Waals surface area contributed by atoms with Crippen molar-refractivity contribution in [3.63, 3.8) is 0 Å². The number of benzene rings is 1. The van der Waals surface area contributed by atoms with Gasteiger partial charge >= 0.3 is 0 Å². The fourth-order valence-electron chi connectivity index (χ4n) is 1.22. The molecule has 7 nitrogen and oxygen atoms in total. The van der Waals surface area contributed by atoms with Crippen molar-refractivity contribution >= 4 is 21.7 Å². The summed E-state index contributed by atoms with van der Waals surface area (Å²) in [5.74, 6) is -0.167. The molecule has 0 aliphatic heterocycles. The first-order chi connectivity index (χ1) is 8.00. The molecule has 0 amide bonds. The molecule has 0 bridgehead atoms. The van der Waals surface area contributed by atoms with E-state index in [1.807, 2.05) is 0 Å². The molecule has 0 aliphatic rings. The Kier molecular flexibility index (Phi) is 4.30. The van der Waals surface area contributed by atoms with Crippen molar-refractivity contribution in [2.45, 2.75) is 6.92 Å². The van der Waals surface area contributed by atoms with Gasteiger partial charge in [0.15, 0.2) is 5.84 Å². The molecular weight excluding hydrogens is 244 g/mol. The van der Waals surface area contributed by atoms with Gasteiger partial charge in [-0.15, -0.1) is 0 Å². The fraction of sp³-hybridized carbons (Fsp3) is 0.222.